The summed E-state index contributed by atoms with van der Waals surface area (Å²) >= 11 is 1.67. The van der Waals surface area contributed by atoms with Gasteiger partial charge in [-0.15, -0.1) is 0 Å². The minimum absolute atomic E-state index is 0.162. The van der Waals surface area contributed by atoms with Crippen molar-refractivity contribution in [1.29, 1.82) is 0 Å². The fraction of sp³-hybridized carbons (Fsp3) is 0.444. The molecule has 2 rings (SSSR count). The Bertz CT molecular complexity index is 724. The molecule has 0 aromatic heterocycles. The first-order chi connectivity index (χ1) is 12.9. The van der Waals surface area contributed by atoms with Crippen LogP contribution in [-0.2, 0) is 9.53 Å². The topological polar surface area (TPSA) is 106 Å². The molecule has 0 spiro atoms. The van der Waals surface area contributed by atoms with Crippen molar-refractivity contribution in [2.45, 2.75) is 19.9 Å². The molecule has 9 heteroatoms. The molecule has 1 aliphatic heterocycles. The first-order valence-electron chi connectivity index (χ1n) is 8.40. The Hall–Kier alpha value is -2.55. The second-order valence-electron chi connectivity index (χ2n) is 5.68. The van der Waals surface area contributed by atoms with E-state index < -0.39 is 18.0 Å². The maximum Gasteiger partial charge on any atom is 0.338 e. The molecule has 0 saturated carbocycles. The van der Waals surface area contributed by atoms with Crippen molar-refractivity contribution in [3.63, 3.8) is 0 Å². The average molecular weight is 396 g/mol. The molecule has 1 atom stereocenters. The van der Waals surface area contributed by atoms with Crippen LogP contribution in [0.5, 0.6) is 17.2 Å². The van der Waals surface area contributed by atoms with E-state index in [2.05, 4.69) is 10.6 Å². The van der Waals surface area contributed by atoms with E-state index in [1.165, 1.54) is 14.2 Å². The number of hydrogen-bond acceptors (Lipinski definition) is 7. The lowest BCUT2D eigenvalue weighted by molar-refractivity contribution is -0.138. The number of carbonyl (C=O) groups is 2. The lowest BCUT2D eigenvalue weighted by atomic mass is 9.95. The van der Waals surface area contributed by atoms with Gasteiger partial charge in [-0.1, -0.05) is 6.92 Å². The van der Waals surface area contributed by atoms with E-state index in [0.717, 1.165) is 5.75 Å². The first kappa shape index (κ1) is 20.8. The normalized spacial score (nSPS) is 16.4. The third-order valence-corrected chi connectivity index (χ3v) is 4.85. The number of amides is 2. The number of carbonyl (C=O) groups excluding carboxylic acids is 2. The van der Waals surface area contributed by atoms with Crippen LogP contribution in [-0.4, -0.2) is 49.4 Å². The Balaban J connectivity index is 2.39. The van der Waals surface area contributed by atoms with Gasteiger partial charge in [-0.25, -0.2) is 9.59 Å². The molecule has 148 valence electrons. The van der Waals surface area contributed by atoms with Crippen molar-refractivity contribution in [3.8, 4) is 17.2 Å². The van der Waals surface area contributed by atoms with Crippen molar-refractivity contribution in [2.75, 3.05) is 32.3 Å². The van der Waals surface area contributed by atoms with E-state index in [9.17, 15) is 14.7 Å². The van der Waals surface area contributed by atoms with Crippen molar-refractivity contribution in [1.82, 2.24) is 10.6 Å². The highest BCUT2D eigenvalue weighted by Gasteiger charge is 2.33. The highest BCUT2D eigenvalue weighted by Crippen LogP contribution is 2.40. The molecule has 0 bridgehead atoms. The molecule has 1 aromatic rings. The van der Waals surface area contributed by atoms with E-state index in [4.69, 9.17) is 14.2 Å². The number of nitrogens with one attached hydrogen (secondary N) is 2. The molecule has 0 fully saturated rings. The quantitative estimate of drug-likeness (QED) is 0.457. The van der Waals surface area contributed by atoms with Crippen LogP contribution in [0.25, 0.3) is 0 Å². The van der Waals surface area contributed by atoms with Gasteiger partial charge in [-0.3, -0.25) is 0 Å². The Morgan fingerprint density at radius 3 is 2.44 bits per heavy atom. The van der Waals surface area contributed by atoms with Crippen LogP contribution >= 0.6 is 11.8 Å². The minimum atomic E-state index is -0.770. The summed E-state index contributed by atoms with van der Waals surface area (Å²) in [6.07, 6.45) is 0. The van der Waals surface area contributed by atoms with Crippen LogP contribution in [0.4, 0.5) is 4.79 Å². The van der Waals surface area contributed by atoms with Gasteiger partial charge in [0.05, 0.1) is 25.8 Å². The van der Waals surface area contributed by atoms with E-state index in [1.807, 2.05) is 6.92 Å². The summed E-state index contributed by atoms with van der Waals surface area (Å²) in [5.41, 5.74) is 1.21. The van der Waals surface area contributed by atoms with Gasteiger partial charge in [-0.2, -0.15) is 11.8 Å². The smallest absolute Gasteiger partial charge is 0.338 e. The number of benzene rings is 1. The Morgan fingerprint density at radius 1 is 1.26 bits per heavy atom. The van der Waals surface area contributed by atoms with Crippen molar-refractivity contribution in [3.05, 3.63) is 29.0 Å². The summed E-state index contributed by atoms with van der Waals surface area (Å²) in [6.45, 7) is 3.94. The SMILES string of the molecule is CCSCCOC(=O)C1=C(C)NC(=O)N[C@@H]1c1cc(OC)c(O)c(OC)c1. The van der Waals surface area contributed by atoms with Gasteiger partial charge in [0.1, 0.15) is 6.61 Å². The molecule has 8 nitrogen and oxygen atoms in total. The standard InChI is InChI=1S/C18H24N2O6S/c1-5-27-7-6-26-17(22)14-10(2)19-18(23)20-15(14)11-8-12(24-3)16(21)13(9-11)25-4/h8-9,15,21H,5-7H2,1-4H3,(H2,19,20,23)/t15-/m1/s1. The van der Waals surface area contributed by atoms with Gasteiger partial charge >= 0.3 is 12.0 Å². The molecule has 2 amide bonds. The Morgan fingerprint density at radius 2 is 1.89 bits per heavy atom. The zero-order chi connectivity index (χ0) is 20.0. The summed E-state index contributed by atoms with van der Waals surface area (Å²) in [4.78, 5) is 24.6. The van der Waals surface area contributed by atoms with Gasteiger partial charge in [0.2, 0.25) is 5.75 Å². The van der Waals surface area contributed by atoms with Gasteiger partial charge in [0.25, 0.3) is 0 Å². The summed E-state index contributed by atoms with van der Waals surface area (Å²) < 4.78 is 15.7. The predicted octanol–water partition coefficient (Wildman–Crippen LogP) is 2.33. The largest absolute Gasteiger partial charge is 0.502 e. The molecule has 0 aliphatic carbocycles. The molecule has 27 heavy (non-hydrogen) atoms. The molecular formula is C18H24N2O6S. The van der Waals surface area contributed by atoms with Crippen molar-refractivity contribution in [2.24, 2.45) is 0 Å². The third kappa shape index (κ3) is 4.79. The molecule has 1 aromatic carbocycles. The van der Waals surface area contributed by atoms with E-state index in [1.54, 1.807) is 30.8 Å². The van der Waals surface area contributed by atoms with E-state index >= 15 is 0 Å². The lowest BCUT2D eigenvalue weighted by Gasteiger charge is -2.28. The van der Waals surface area contributed by atoms with E-state index in [0.29, 0.717) is 17.0 Å². The van der Waals surface area contributed by atoms with Crippen molar-refractivity contribution < 1.29 is 28.9 Å². The Kier molecular flexibility index (Phi) is 7.23. The zero-order valence-corrected chi connectivity index (χ0v) is 16.6. The van der Waals surface area contributed by atoms with Crippen LogP contribution in [0.1, 0.15) is 25.5 Å². The number of allylic oxidation sites excluding steroid dienone is 1. The monoisotopic (exact) mass is 396 g/mol. The second kappa shape index (κ2) is 9.40. The van der Waals surface area contributed by atoms with Gasteiger partial charge in [-0.05, 0) is 30.4 Å². The maximum absolute atomic E-state index is 12.6. The summed E-state index contributed by atoms with van der Waals surface area (Å²) in [5.74, 6) is 1.29. The number of aromatic hydroxyl groups is 1. The number of urea groups is 1. The number of esters is 1. The number of hydrogen-bond donors (Lipinski definition) is 3. The number of methoxy groups -OCH3 is 2. The van der Waals surface area contributed by atoms with Crippen LogP contribution in [0.2, 0.25) is 0 Å². The maximum atomic E-state index is 12.6. The van der Waals surface area contributed by atoms with Gasteiger partial charge in [0, 0.05) is 11.4 Å². The van der Waals surface area contributed by atoms with Gasteiger partial charge in [0.15, 0.2) is 11.5 Å². The number of phenols is 1. The van der Waals surface area contributed by atoms with Crippen molar-refractivity contribution >= 4 is 23.8 Å². The third-order valence-electron chi connectivity index (χ3n) is 3.99. The molecule has 0 saturated heterocycles. The van der Waals surface area contributed by atoms with Crippen LogP contribution in [0.15, 0.2) is 23.4 Å². The van der Waals surface area contributed by atoms with Crippen LogP contribution in [0, 0.1) is 0 Å². The van der Waals surface area contributed by atoms with Crippen LogP contribution < -0.4 is 20.1 Å². The summed E-state index contributed by atoms with van der Waals surface area (Å²) in [6, 6.07) is 1.87. The molecular weight excluding hydrogens is 372 g/mol. The number of ether oxygens (including phenoxy) is 3. The molecule has 3 N–H and O–H groups in total. The predicted molar refractivity (Wildman–Crippen MR) is 102 cm³/mol. The fourth-order valence-electron chi connectivity index (χ4n) is 2.71. The Labute approximate surface area is 162 Å². The van der Waals surface area contributed by atoms with Crippen LogP contribution in [0.3, 0.4) is 0 Å². The molecule has 1 heterocycles. The highest BCUT2D eigenvalue weighted by molar-refractivity contribution is 7.99. The fourth-order valence-corrected chi connectivity index (χ4v) is 3.20. The summed E-state index contributed by atoms with van der Waals surface area (Å²) in [5, 5.41) is 15.4. The second-order valence-corrected chi connectivity index (χ2v) is 7.07. The number of phenolic OH excluding ortho intramolecular Hbond substituents is 1. The first-order valence-corrected chi connectivity index (χ1v) is 9.56. The molecule has 1 aliphatic rings. The number of thioether (sulfide) groups is 1. The molecule has 0 unspecified atom stereocenters. The average Bonchev–Trinajstić information content (AvgIpc) is 2.64. The van der Waals surface area contributed by atoms with Gasteiger partial charge < -0.3 is 30.0 Å². The highest BCUT2D eigenvalue weighted by atomic mass is 32.2. The summed E-state index contributed by atoms with van der Waals surface area (Å²) in [7, 11) is 2.81. The zero-order valence-electron chi connectivity index (χ0n) is 15.8. The van der Waals surface area contributed by atoms with E-state index in [-0.39, 0.29) is 29.4 Å². The number of rotatable bonds is 8. The lowest BCUT2D eigenvalue weighted by Crippen LogP contribution is -2.45. The minimum Gasteiger partial charge on any atom is -0.502 e. The molecule has 0 radical (unpaired) electrons.